The standard InChI is InChI=1S/C28H38NO2.C22H21N.2ClH.HI.Ru/c1-18(2)21-10-9-11-22(19(3)4)26(21)29-17-28(16-27(29,5)6)13-12-20-14-24(30-7)25(31-8)15-23(20)28;1-19-10-8-9-15-22(19)18-23(16-20-11-4-2-5-12-20)17-21-13-6-3-7-14-21;;;;/h9-11,14-15,17-19H,12-13,16H2,1-8H3;1-15H,16-18H2;3*1H;/q-1;;;;;+2/p-2. The maximum atomic E-state index is 6.13. The molecule has 58 heavy (non-hydrogen) atoms. The second-order valence-corrected chi connectivity index (χ2v) is 22.6. The second kappa shape index (κ2) is 20.7. The molecule has 5 aromatic rings. The topological polar surface area (TPSA) is 26.1 Å². The van der Waals surface area contributed by atoms with Crippen molar-refractivity contribution in [1.82, 2.24) is 0 Å². The van der Waals surface area contributed by atoms with Crippen LogP contribution in [-0.2, 0) is 45.0 Å². The number of nitrogens with one attached hydrogen (secondary N) is 1. The summed E-state index contributed by atoms with van der Waals surface area (Å²) in [6, 6.07) is 41.1. The van der Waals surface area contributed by atoms with Crippen LogP contribution in [0.2, 0.25) is 0 Å². The minimum absolute atomic E-state index is 0. The van der Waals surface area contributed by atoms with E-state index in [-0.39, 0.29) is 34.9 Å². The summed E-state index contributed by atoms with van der Waals surface area (Å²) in [6.07, 6.45) is 3.32. The SMILES string of the molecule is COc1cc2c(cc1OC)C1([CH-]N(c3c(C(C)C)cccc3C(C)C)C(C)(C)C1)CC2.[Cl][Ru]([Cl])=[CH]c1ccccc1C[NH+](Cc1ccccc1)Cc1ccccc1.[I-]. The van der Waals surface area contributed by atoms with E-state index in [1.165, 1.54) is 55.1 Å². The summed E-state index contributed by atoms with van der Waals surface area (Å²) in [4.78, 5) is 4.11. The maximum Gasteiger partial charge on any atom is -1.00 e. The number of para-hydroxylation sites is 1. The Balaban J connectivity index is 0.000000221. The Morgan fingerprint density at radius 1 is 0.741 bits per heavy atom. The smallest absolute Gasteiger partial charge is 1.00 e. The summed E-state index contributed by atoms with van der Waals surface area (Å²) < 4.78 is 13.3. The first-order valence-electron chi connectivity index (χ1n) is 20.2. The summed E-state index contributed by atoms with van der Waals surface area (Å²) in [6.45, 7) is 19.5. The van der Waals surface area contributed by atoms with E-state index in [1.54, 1.807) is 14.2 Å². The fourth-order valence-corrected chi connectivity index (χ4v) is 10.9. The van der Waals surface area contributed by atoms with Gasteiger partial charge in [0.1, 0.15) is 0 Å². The molecule has 1 atom stereocenters. The zero-order chi connectivity index (χ0) is 40.7. The van der Waals surface area contributed by atoms with Gasteiger partial charge in [-0.25, -0.2) is 6.54 Å². The molecule has 5 aromatic carbocycles. The number of rotatable bonds is 12. The van der Waals surface area contributed by atoms with Crippen molar-refractivity contribution in [3.8, 4) is 11.5 Å². The molecule has 1 saturated heterocycles. The molecule has 8 heteroatoms. The number of methoxy groups -OCH3 is 2. The number of ether oxygens (including phenoxy) is 2. The molecule has 0 amide bonds. The molecular weight excluding hydrogens is 959 g/mol. The van der Waals surface area contributed by atoms with Crippen molar-refractivity contribution >= 4 is 29.7 Å². The van der Waals surface area contributed by atoms with Crippen molar-refractivity contribution in [3.63, 3.8) is 0 Å². The van der Waals surface area contributed by atoms with E-state index in [0.717, 1.165) is 50.4 Å². The third-order valence-corrected chi connectivity index (χ3v) is 13.5. The monoisotopic (exact) mass is 1020 g/mol. The number of hydrogen-bond acceptors (Lipinski definition) is 3. The van der Waals surface area contributed by atoms with E-state index in [4.69, 9.17) is 28.9 Å². The van der Waals surface area contributed by atoms with Crippen LogP contribution in [0.3, 0.4) is 0 Å². The van der Waals surface area contributed by atoms with E-state index >= 15 is 0 Å². The van der Waals surface area contributed by atoms with E-state index < -0.39 is 13.5 Å². The fraction of sp³-hybridized carbons (Fsp3) is 0.360. The molecule has 312 valence electrons. The fourth-order valence-electron chi connectivity index (χ4n) is 8.99. The molecule has 1 N–H and O–H groups in total. The van der Waals surface area contributed by atoms with Gasteiger partial charge in [0.05, 0.1) is 14.2 Å². The molecule has 1 aliphatic carbocycles. The van der Waals surface area contributed by atoms with Gasteiger partial charge in [-0.3, -0.25) is 0 Å². The average molecular weight is 1020 g/mol. The van der Waals surface area contributed by atoms with Crippen LogP contribution in [0.15, 0.2) is 115 Å². The molecule has 1 spiro atoms. The first-order chi connectivity index (χ1) is 27.3. The minimum Gasteiger partial charge on any atom is -1.00 e. The van der Waals surface area contributed by atoms with Crippen LogP contribution in [0.1, 0.15) is 111 Å². The number of anilines is 1. The number of quaternary nitrogens is 1. The van der Waals surface area contributed by atoms with Gasteiger partial charge in [-0.2, -0.15) is 0 Å². The van der Waals surface area contributed by atoms with Crippen LogP contribution in [0, 0.1) is 6.54 Å². The summed E-state index contributed by atoms with van der Waals surface area (Å²) in [5.74, 6) is 2.63. The van der Waals surface area contributed by atoms with Crippen LogP contribution < -0.4 is 43.3 Å². The number of nitrogens with zero attached hydrogens (tertiary/aromatic N) is 1. The second-order valence-electron chi connectivity index (χ2n) is 16.9. The molecule has 0 bridgehead atoms. The zero-order valence-corrected chi connectivity index (χ0v) is 40.7. The normalized spacial score (nSPS) is 16.8. The third kappa shape index (κ3) is 11.0. The summed E-state index contributed by atoms with van der Waals surface area (Å²) in [5.41, 5.74) is 12.4. The van der Waals surface area contributed by atoms with Gasteiger partial charge < -0.3 is 38.4 Å². The van der Waals surface area contributed by atoms with Gasteiger partial charge in [0.2, 0.25) is 0 Å². The minimum atomic E-state index is -1.84. The molecule has 7 rings (SSSR count). The molecule has 0 radical (unpaired) electrons. The van der Waals surface area contributed by atoms with Gasteiger partial charge in [-0.05, 0) is 67.3 Å². The zero-order valence-electron chi connectivity index (χ0n) is 35.3. The van der Waals surface area contributed by atoms with E-state index in [2.05, 4.69) is 168 Å². The van der Waals surface area contributed by atoms with Crippen molar-refractivity contribution in [3.05, 3.63) is 166 Å². The molecule has 1 aliphatic heterocycles. The van der Waals surface area contributed by atoms with E-state index in [0.29, 0.717) is 11.8 Å². The molecule has 4 nitrogen and oxygen atoms in total. The number of benzene rings is 5. The molecule has 0 saturated carbocycles. The van der Waals surface area contributed by atoms with Gasteiger partial charge >= 0.3 is 169 Å². The van der Waals surface area contributed by atoms with E-state index in [9.17, 15) is 0 Å². The van der Waals surface area contributed by atoms with Crippen LogP contribution >= 0.6 is 19.4 Å². The Morgan fingerprint density at radius 2 is 1.28 bits per heavy atom. The summed E-state index contributed by atoms with van der Waals surface area (Å²) in [7, 11) is 15.7. The van der Waals surface area contributed by atoms with Crippen molar-refractivity contribution in [1.29, 1.82) is 0 Å². The predicted molar refractivity (Wildman–Crippen MR) is 238 cm³/mol. The van der Waals surface area contributed by atoms with Crippen molar-refractivity contribution in [2.75, 3.05) is 19.1 Å². The molecule has 1 fully saturated rings. The average Bonchev–Trinajstić information content (AvgIpc) is 3.68. The predicted octanol–water partition coefficient (Wildman–Crippen LogP) is 8.54. The van der Waals surface area contributed by atoms with Gasteiger partial charge in [0, 0.05) is 11.2 Å². The quantitative estimate of drug-likeness (QED) is 0.0772. The Morgan fingerprint density at radius 3 is 1.81 bits per heavy atom. The van der Waals surface area contributed by atoms with Crippen LogP contribution in [0.5, 0.6) is 11.5 Å². The Hall–Kier alpha value is -2.74. The number of fused-ring (bicyclic) bond motifs is 2. The van der Waals surface area contributed by atoms with Crippen molar-refractivity contribution < 1.29 is 51.9 Å². The molecule has 2 aliphatic rings. The Labute approximate surface area is 378 Å². The number of aryl methyl sites for hydroxylation is 1. The summed E-state index contributed by atoms with van der Waals surface area (Å²) in [5, 5.41) is 0. The van der Waals surface area contributed by atoms with Crippen molar-refractivity contribution in [2.24, 2.45) is 0 Å². The summed E-state index contributed by atoms with van der Waals surface area (Å²) >= 11 is -1.84. The van der Waals surface area contributed by atoms with Gasteiger partial charge in [0.15, 0.2) is 11.5 Å². The van der Waals surface area contributed by atoms with E-state index in [1.807, 2.05) is 4.61 Å². The maximum absolute atomic E-state index is 6.13. The van der Waals surface area contributed by atoms with Gasteiger partial charge in [-0.15, -0.1) is 5.41 Å². The molecule has 1 unspecified atom stereocenters. The number of hydrogen-bond donors (Lipinski definition) is 1. The van der Waals surface area contributed by atoms with Crippen LogP contribution in [0.25, 0.3) is 0 Å². The van der Waals surface area contributed by atoms with Crippen LogP contribution in [-0.4, -0.2) is 24.4 Å². The molecule has 0 aromatic heterocycles. The largest absolute Gasteiger partial charge is 1.00 e. The van der Waals surface area contributed by atoms with Crippen LogP contribution in [0.4, 0.5) is 5.69 Å². The van der Waals surface area contributed by atoms with Gasteiger partial charge in [0.25, 0.3) is 0 Å². The Bertz CT molecular complexity index is 2070. The molecular formula is C50H60Cl2IN2O2Ru-. The number of halogens is 3. The van der Waals surface area contributed by atoms with Crippen molar-refractivity contribution in [2.45, 2.75) is 103 Å². The first kappa shape index (κ1) is 46.3. The third-order valence-electron chi connectivity index (χ3n) is 11.6. The van der Waals surface area contributed by atoms with Gasteiger partial charge in [-0.1, -0.05) is 57.9 Å². The first-order valence-corrected chi connectivity index (χ1v) is 25.7. The Kier molecular flexibility index (Phi) is 16.5. The molecule has 1 heterocycles.